The van der Waals surface area contributed by atoms with Crippen molar-refractivity contribution in [3.05, 3.63) is 23.8 Å². The van der Waals surface area contributed by atoms with Gasteiger partial charge in [0.05, 0.1) is 13.2 Å². The highest BCUT2D eigenvalue weighted by Crippen LogP contribution is 2.40. The molecule has 4 atom stereocenters. The quantitative estimate of drug-likeness (QED) is 0.754. The van der Waals surface area contributed by atoms with Crippen LogP contribution in [0.2, 0.25) is 0 Å². The van der Waals surface area contributed by atoms with Crippen LogP contribution in [0.25, 0.3) is 0 Å². The number of amides is 4. The van der Waals surface area contributed by atoms with Gasteiger partial charge < -0.3 is 30.3 Å². The van der Waals surface area contributed by atoms with E-state index in [0.717, 1.165) is 5.56 Å². The zero-order chi connectivity index (χ0) is 17.6. The van der Waals surface area contributed by atoms with Crippen molar-refractivity contribution in [2.24, 2.45) is 5.92 Å². The lowest BCUT2D eigenvalue weighted by Crippen LogP contribution is -2.71. The molecule has 3 N–H and O–H groups in total. The van der Waals surface area contributed by atoms with Gasteiger partial charge in [-0.05, 0) is 24.6 Å². The van der Waals surface area contributed by atoms with E-state index < -0.39 is 6.17 Å². The molecule has 2 aliphatic rings. The van der Waals surface area contributed by atoms with E-state index in [0.29, 0.717) is 5.75 Å². The summed E-state index contributed by atoms with van der Waals surface area (Å²) < 4.78 is 5.19. The molecule has 0 aromatic heterocycles. The van der Waals surface area contributed by atoms with E-state index in [1.807, 2.05) is 6.92 Å². The SMILES string of the molecule is COc1cc([C@H]2[C@@H]3[C@@H](C)NC(=O)N(C)[C@H]3NC(=O)N2C)ccc1O. The normalized spacial score (nSPS) is 29.7. The molecule has 1 aromatic rings. The number of hydrogen-bond acceptors (Lipinski definition) is 4. The van der Waals surface area contributed by atoms with Gasteiger partial charge >= 0.3 is 12.1 Å². The van der Waals surface area contributed by atoms with Crippen LogP contribution in [0.3, 0.4) is 0 Å². The van der Waals surface area contributed by atoms with Gasteiger partial charge in [0.15, 0.2) is 11.5 Å². The average Bonchev–Trinajstić information content (AvgIpc) is 2.55. The molecule has 0 unspecified atom stereocenters. The molecule has 2 fully saturated rings. The monoisotopic (exact) mass is 334 g/mol. The number of urea groups is 2. The molecule has 8 nitrogen and oxygen atoms in total. The molecule has 0 spiro atoms. The maximum atomic E-state index is 12.4. The highest BCUT2D eigenvalue weighted by Gasteiger charge is 2.49. The Kier molecular flexibility index (Phi) is 3.90. The zero-order valence-corrected chi connectivity index (χ0v) is 14.1. The number of hydrogen-bond donors (Lipinski definition) is 3. The molecule has 0 saturated carbocycles. The largest absolute Gasteiger partial charge is 0.504 e. The fraction of sp³-hybridized carbons (Fsp3) is 0.500. The van der Waals surface area contributed by atoms with Crippen molar-refractivity contribution in [2.45, 2.75) is 25.2 Å². The van der Waals surface area contributed by atoms with E-state index in [2.05, 4.69) is 10.6 Å². The lowest BCUT2D eigenvalue weighted by Gasteiger charge is -2.52. The molecule has 24 heavy (non-hydrogen) atoms. The first kappa shape index (κ1) is 16.2. The topological polar surface area (TPSA) is 94.1 Å². The summed E-state index contributed by atoms with van der Waals surface area (Å²) >= 11 is 0. The fourth-order valence-electron chi connectivity index (χ4n) is 3.63. The van der Waals surface area contributed by atoms with Gasteiger partial charge in [-0.1, -0.05) is 6.07 Å². The maximum absolute atomic E-state index is 12.4. The van der Waals surface area contributed by atoms with Gasteiger partial charge in [0, 0.05) is 26.1 Å². The second-order valence-corrected chi connectivity index (χ2v) is 6.31. The molecule has 8 heteroatoms. The van der Waals surface area contributed by atoms with Crippen molar-refractivity contribution in [3.63, 3.8) is 0 Å². The van der Waals surface area contributed by atoms with E-state index in [9.17, 15) is 14.7 Å². The van der Waals surface area contributed by atoms with Crippen molar-refractivity contribution >= 4 is 12.1 Å². The minimum absolute atomic E-state index is 0.0443. The number of benzene rings is 1. The van der Waals surface area contributed by atoms with Gasteiger partial charge in [-0.25, -0.2) is 9.59 Å². The minimum Gasteiger partial charge on any atom is -0.504 e. The first-order chi connectivity index (χ1) is 11.3. The van der Waals surface area contributed by atoms with Gasteiger partial charge in [0.1, 0.15) is 6.17 Å². The van der Waals surface area contributed by atoms with Crippen LogP contribution < -0.4 is 15.4 Å². The summed E-state index contributed by atoms with van der Waals surface area (Å²) in [7, 11) is 4.87. The molecule has 2 saturated heterocycles. The van der Waals surface area contributed by atoms with Crippen LogP contribution >= 0.6 is 0 Å². The summed E-state index contributed by atoms with van der Waals surface area (Å²) in [5, 5.41) is 15.7. The molecular formula is C16H22N4O4. The molecule has 3 rings (SSSR count). The summed E-state index contributed by atoms with van der Waals surface area (Å²) in [5.74, 6) is 0.330. The number of fused-ring (bicyclic) bond motifs is 1. The summed E-state index contributed by atoms with van der Waals surface area (Å²) in [6.07, 6.45) is -0.401. The van der Waals surface area contributed by atoms with Crippen LogP contribution in [-0.4, -0.2) is 60.4 Å². The van der Waals surface area contributed by atoms with Gasteiger partial charge in [0.2, 0.25) is 0 Å². The third-order valence-corrected chi connectivity index (χ3v) is 4.95. The van der Waals surface area contributed by atoms with E-state index in [1.165, 1.54) is 12.0 Å². The molecule has 2 aliphatic heterocycles. The molecular weight excluding hydrogens is 312 g/mol. The first-order valence-electron chi connectivity index (χ1n) is 7.78. The molecule has 0 radical (unpaired) electrons. The Morgan fingerprint density at radius 1 is 1.12 bits per heavy atom. The number of aromatic hydroxyl groups is 1. The van der Waals surface area contributed by atoms with Crippen molar-refractivity contribution in [1.29, 1.82) is 0 Å². The van der Waals surface area contributed by atoms with Crippen molar-refractivity contribution < 1.29 is 19.4 Å². The van der Waals surface area contributed by atoms with Gasteiger partial charge in [-0.15, -0.1) is 0 Å². The number of phenols is 1. The lowest BCUT2D eigenvalue weighted by molar-refractivity contribution is 0.0247. The Balaban J connectivity index is 2.06. The minimum atomic E-state index is -0.401. The van der Waals surface area contributed by atoms with Crippen LogP contribution in [0.4, 0.5) is 9.59 Å². The highest BCUT2D eigenvalue weighted by molar-refractivity contribution is 5.80. The van der Waals surface area contributed by atoms with Gasteiger partial charge in [-0.3, -0.25) is 0 Å². The molecule has 4 amide bonds. The van der Waals surface area contributed by atoms with Gasteiger partial charge in [0.25, 0.3) is 0 Å². The highest BCUT2D eigenvalue weighted by atomic mass is 16.5. The number of ether oxygens (including phenoxy) is 1. The summed E-state index contributed by atoms with van der Waals surface area (Å²) in [6.45, 7) is 1.93. The van der Waals surface area contributed by atoms with E-state index >= 15 is 0 Å². The lowest BCUT2D eigenvalue weighted by atomic mass is 9.81. The number of rotatable bonds is 2. The molecule has 1 aromatic carbocycles. The second kappa shape index (κ2) is 5.77. The second-order valence-electron chi connectivity index (χ2n) is 6.31. The Morgan fingerprint density at radius 3 is 2.46 bits per heavy atom. The number of carbonyl (C=O) groups excluding carboxylic acids is 2. The third-order valence-electron chi connectivity index (χ3n) is 4.95. The Morgan fingerprint density at radius 2 is 1.79 bits per heavy atom. The van der Waals surface area contributed by atoms with Gasteiger partial charge in [-0.2, -0.15) is 0 Å². The molecule has 130 valence electrons. The first-order valence-corrected chi connectivity index (χ1v) is 7.78. The van der Waals surface area contributed by atoms with Crippen LogP contribution in [-0.2, 0) is 0 Å². The van der Waals surface area contributed by atoms with Crippen LogP contribution in [0.15, 0.2) is 18.2 Å². The standard InChI is InChI=1S/C16H22N4O4/c1-8-12-13(9-5-6-10(21)11(7-9)24-4)19(2)16(23)18-14(12)20(3)15(22)17-8/h5-8,12-14,21H,1-4H3,(H,17,22)(H,18,23)/t8-,12+,13+,14-/m1/s1. The van der Waals surface area contributed by atoms with Crippen LogP contribution in [0, 0.1) is 5.92 Å². The van der Waals surface area contributed by atoms with Crippen molar-refractivity contribution in [1.82, 2.24) is 20.4 Å². The average molecular weight is 334 g/mol. The van der Waals surface area contributed by atoms with Crippen molar-refractivity contribution in [2.75, 3.05) is 21.2 Å². The number of methoxy groups -OCH3 is 1. The predicted octanol–water partition coefficient (Wildman–Crippen LogP) is 1.08. The molecule has 2 heterocycles. The number of nitrogens with zero attached hydrogens (tertiary/aromatic N) is 2. The predicted molar refractivity (Wildman–Crippen MR) is 86.7 cm³/mol. The van der Waals surface area contributed by atoms with Crippen LogP contribution in [0.1, 0.15) is 18.5 Å². The number of carbonyl (C=O) groups is 2. The molecule has 0 bridgehead atoms. The third kappa shape index (κ3) is 2.38. The smallest absolute Gasteiger partial charge is 0.319 e. The summed E-state index contributed by atoms with van der Waals surface area (Å²) in [4.78, 5) is 27.6. The Hall–Kier alpha value is -2.64. The Labute approximate surface area is 140 Å². The van der Waals surface area contributed by atoms with Crippen molar-refractivity contribution in [3.8, 4) is 11.5 Å². The maximum Gasteiger partial charge on any atom is 0.319 e. The summed E-state index contributed by atoms with van der Waals surface area (Å²) in [5.41, 5.74) is 0.841. The van der Waals surface area contributed by atoms with E-state index in [4.69, 9.17) is 4.74 Å². The number of nitrogens with one attached hydrogen (secondary N) is 2. The molecule has 0 aliphatic carbocycles. The van der Waals surface area contributed by atoms with Crippen LogP contribution in [0.5, 0.6) is 11.5 Å². The summed E-state index contributed by atoms with van der Waals surface area (Å²) in [6, 6.07) is 4.20. The number of phenolic OH excluding ortho intramolecular Hbond substituents is 1. The van der Waals surface area contributed by atoms with E-state index in [1.54, 1.807) is 37.2 Å². The Bertz CT molecular complexity index is 680. The van der Waals surface area contributed by atoms with E-state index in [-0.39, 0.29) is 35.8 Å². The zero-order valence-electron chi connectivity index (χ0n) is 14.1. The fourth-order valence-corrected chi connectivity index (χ4v) is 3.63.